The van der Waals surface area contributed by atoms with Gasteiger partial charge in [-0.3, -0.25) is 0 Å². The third kappa shape index (κ3) is 4.44. The van der Waals surface area contributed by atoms with E-state index in [1.807, 2.05) is 16.2 Å². The molecule has 0 atom stereocenters. The summed E-state index contributed by atoms with van der Waals surface area (Å²) in [5, 5.41) is 13.4. The minimum atomic E-state index is 0.0415. The smallest absolute Gasteiger partial charge is 0.317 e. The van der Waals surface area contributed by atoms with Crippen LogP contribution in [0.1, 0.15) is 47.7 Å². The fraction of sp³-hybridized carbons (Fsp3) is 0.765. The second kappa shape index (κ2) is 8.11. The fourth-order valence-electron chi connectivity index (χ4n) is 3.38. The average molecular weight is 337 g/mol. The summed E-state index contributed by atoms with van der Waals surface area (Å²) in [7, 11) is 0. The second-order valence-corrected chi connectivity index (χ2v) is 7.80. The number of aryl methyl sites for hydroxylation is 3. The number of aliphatic hydroxyl groups excluding tert-OH is 1. The number of hydrogen-bond acceptors (Lipinski definition) is 4. The number of nitrogens with zero attached hydrogens (tertiary/aromatic N) is 2. The molecule has 1 aromatic rings. The standard InChI is InChI=1S/C17H27N3O2S/c21-12-13-7-10-20(11-8-13)17(22)18-9-3-6-16-19-14-4-1-2-5-15(14)23-16/h13,21H,1-12H2,(H,18,22). The molecule has 23 heavy (non-hydrogen) atoms. The number of carbonyl (C=O) groups excluding carboxylic acids is 1. The van der Waals surface area contributed by atoms with E-state index in [0.29, 0.717) is 12.5 Å². The van der Waals surface area contributed by atoms with Crippen LogP contribution in [0.3, 0.4) is 0 Å². The molecule has 2 N–H and O–H groups in total. The second-order valence-electron chi connectivity index (χ2n) is 6.63. The lowest BCUT2D eigenvalue weighted by atomic mass is 9.98. The minimum Gasteiger partial charge on any atom is -0.396 e. The van der Waals surface area contributed by atoms with E-state index >= 15 is 0 Å². The van der Waals surface area contributed by atoms with Crippen LogP contribution >= 0.6 is 11.3 Å². The lowest BCUT2D eigenvalue weighted by molar-refractivity contribution is 0.137. The van der Waals surface area contributed by atoms with Gasteiger partial charge < -0.3 is 15.3 Å². The molecule has 1 saturated heterocycles. The summed E-state index contributed by atoms with van der Waals surface area (Å²) in [6.07, 6.45) is 8.66. The summed E-state index contributed by atoms with van der Waals surface area (Å²) in [5.74, 6) is 0.370. The zero-order valence-electron chi connectivity index (χ0n) is 13.7. The van der Waals surface area contributed by atoms with Gasteiger partial charge >= 0.3 is 6.03 Å². The number of aliphatic hydroxyl groups is 1. The van der Waals surface area contributed by atoms with E-state index in [1.54, 1.807) is 0 Å². The molecule has 2 heterocycles. The van der Waals surface area contributed by atoms with Crippen molar-refractivity contribution in [2.24, 2.45) is 5.92 Å². The van der Waals surface area contributed by atoms with Crippen molar-refractivity contribution in [2.75, 3.05) is 26.2 Å². The van der Waals surface area contributed by atoms with Crippen molar-refractivity contribution in [1.82, 2.24) is 15.2 Å². The van der Waals surface area contributed by atoms with Gasteiger partial charge in [0.1, 0.15) is 0 Å². The van der Waals surface area contributed by atoms with Gasteiger partial charge in [-0.2, -0.15) is 0 Å². The predicted molar refractivity (Wildman–Crippen MR) is 91.9 cm³/mol. The van der Waals surface area contributed by atoms with Gasteiger partial charge in [-0.15, -0.1) is 11.3 Å². The molecule has 0 spiro atoms. The first-order valence-corrected chi connectivity index (χ1v) is 9.69. The molecule has 0 bridgehead atoms. The third-order valence-corrected chi connectivity index (χ3v) is 6.11. The molecule has 0 unspecified atom stereocenters. The van der Waals surface area contributed by atoms with E-state index in [-0.39, 0.29) is 12.6 Å². The Morgan fingerprint density at radius 2 is 2.09 bits per heavy atom. The molecule has 1 aromatic heterocycles. The lowest BCUT2D eigenvalue weighted by Gasteiger charge is -2.31. The third-order valence-electron chi connectivity index (χ3n) is 4.89. The summed E-state index contributed by atoms with van der Waals surface area (Å²) in [6.45, 7) is 2.47. The van der Waals surface area contributed by atoms with Crippen LogP contribution in [-0.4, -0.2) is 47.3 Å². The summed E-state index contributed by atoms with van der Waals surface area (Å²) in [5.41, 5.74) is 1.33. The Balaban J connectivity index is 1.35. The number of nitrogens with one attached hydrogen (secondary N) is 1. The van der Waals surface area contributed by atoms with Gasteiger partial charge in [-0.05, 0) is 50.9 Å². The van der Waals surface area contributed by atoms with Crippen molar-refractivity contribution in [1.29, 1.82) is 0 Å². The average Bonchev–Trinajstić information content (AvgIpc) is 3.01. The maximum Gasteiger partial charge on any atom is 0.317 e. The molecular weight excluding hydrogens is 310 g/mol. The zero-order valence-corrected chi connectivity index (χ0v) is 14.5. The number of urea groups is 1. The maximum atomic E-state index is 12.1. The van der Waals surface area contributed by atoms with Crippen molar-refractivity contribution >= 4 is 17.4 Å². The molecule has 1 aliphatic heterocycles. The van der Waals surface area contributed by atoms with Crippen LogP contribution in [0.2, 0.25) is 0 Å². The number of piperidine rings is 1. The van der Waals surface area contributed by atoms with Gasteiger partial charge in [0, 0.05) is 37.5 Å². The number of aromatic nitrogens is 1. The largest absolute Gasteiger partial charge is 0.396 e. The van der Waals surface area contributed by atoms with E-state index in [2.05, 4.69) is 5.32 Å². The van der Waals surface area contributed by atoms with Crippen LogP contribution < -0.4 is 5.32 Å². The molecule has 6 heteroatoms. The van der Waals surface area contributed by atoms with Crippen molar-refractivity contribution in [3.63, 3.8) is 0 Å². The highest BCUT2D eigenvalue weighted by atomic mass is 32.1. The molecule has 5 nitrogen and oxygen atoms in total. The summed E-state index contributed by atoms with van der Waals surface area (Å²) < 4.78 is 0. The summed E-state index contributed by atoms with van der Waals surface area (Å²) >= 11 is 1.87. The van der Waals surface area contributed by atoms with Crippen LogP contribution in [0.25, 0.3) is 0 Å². The van der Waals surface area contributed by atoms with E-state index in [0.717, 1.165) is 45.2 Å². The number of amides is 2. The number of thiazole rings is 1. The number of fused-ring (bicyclic) bond motifs is 1. The molecule has 2 amide bonds. The Kier molecular flexibility index (Phi) is 5.89. The SMILES string of the molecule is O=C(NCCCc1nc2c(s1)CCCC2)N1CCC(CO)CC1. The highest BCUT2D eigenvalue weighted by molar-refractivity contribution is 7.11. The van der Waals surface area contributed by atoms with Crippen molar-refractivity contribution in [2.45, 2.75) is 51.4 Å². The van der Waals surface area contributed by atoms with Crippen LogP contribution in [0.4, 0.5) is 4.79 Å². The van der Waals surface area contributed by atoms with Gasteiger partial charge in [0.15, 0.2) is 0 Å². The predicted octanol–water partition coefficient (Wildman–Crippen LogP) is 2.37. The Bertz CT molecular complexity index is 500. The lowest BCUT2D eigenvalue weighted by Crippen LogP contribution is -2.45. The first-order chi connectivity index (χ1) is 11.3. The molecular formula is C17H27N3O2S. The van der Waals surface area contributed by atoms with E-state index < -0.39 is 0 Å². The summed E-state index contributed by atoms with van der Waals surface area (Å²) in [4.78, 5) is 20.2. The Labute approximate surface area is 142 Å². The normalized spacial score (nSPS) is 18.7. The molecule has 3 rings (SSSR count). The first kappa shape index (κ1) is 16.7. The van der Waals surface area contributed by atoms with Crippen molar-refractivity contribution < 1.29 is 9.90 Å². The van der Waals surface area contributed by atoms with E-state index in [4.69, 9.17) is 10.1 Å². The number of likely N-dealkylation sites (tertiary alicyclic amines) is 1. The minimum absolute atomic E-state index is 0.0415. The van der Waals surface area contributed by atoms with Crippen molar-refractivity contribution in [3.8, 4) is 0 Å². The highest BCUT2D eigenvalue weighted by Crippen LogP contribution is 2.27. The van der Waals surface area contributed by atoms with Crippen LogP contribution in [0, 0.1) is 5.92 Å². The Morgan fingerprint density at radius 3 is 2.83 bits per heavy atom. The summed E-state index contributed by atoms with van der Waals surface area (Å²) in [6, 6.07) is 0.0415. The Morgan fingerprint density at radius 1 is 1.30 bits per heavy atom. The molecule has 1 fully saturated rings. The quantitative estimate of drug-likeness (QED) is 0.811. The number of hydrogen-bond donors (Lipinski definition) is 2. The zero-order chi connectivity index (χ0) is 16.1. The maximum absolute atomic E-state index is 12.1. The molecule has 2 aliphatic rings. The van der Waals surface area contributed by atoms with E-state index in [9.17, 15) is 4.79 Å². The van der Waals surface area contributed by atoms with Crippen LogP contribution in [-0.2, 0) is 19.3 Å². The van der Waals surface area contributed by atoms with Gasteiger partial charge in [-0.1, -0.05) is 0 Å². The van der Waals surface area contributed by atoms with Gasteiger partial charge in [0.2, 0.25) is 0 Å². The monoisotopic (exact) mass is 337 g/mol. The first-order valence-electron chi connectivity index (χ1n) is 8.87. The van der Waals surface area contributed by atoms with E-state index in [1.165, 1.54) is 34.8 Å². The molecule has 0 saturated carbocycles. The number of rotatable bonds is 5. The van der Waals surface area contributed by atoms with Crippen molar-refractivity contribution in [3.05, 3.63) is 15.6 Å². The van der Waals surface area contributed by atoms with Crippen LogP contribution in [0.5, 0.6) is 0 Å². The Hall–Kier alpha value is -1.14. The van der Waals surface area contributed by atoms with Crippen LogP contribution in [0.15, 0.2) is 0 Å². The van der Waals surface area contributed by atoms with Gasteiger partial charge in [0.25, 0.3) is 0 Å². The molecule has 0 radical (unpaired) electrons. The molecule has 0 aromatic carbocycles. The highest BCUT2D eigenvalue weighted by Gasteiger charge is 2.21. The number of carbonyl (C=O) groups is 1. The molecule has 128 valence electrons. The fourth-order valence-corrected chi connectivity index (χ4v) is 4.58. The molecule has 1 aliphatic carbocycles. The topological polar surface area (TPSA) is 65.5 Å². The van der Waals surface area contributed by atoms with Gasteiger partial charge in [-0.25, -0.2) is 9.78 Å². The van der Waals surface area contributed by atoms with Gasteiger partial charge in [0.05, 0.1) is 10.7 Å².